The molecule has 0 aliphatic heterocycles. The number of nitrogens with zero attached hydrogens (tertiary/aromatic N) is 3. The summed E-state index contributed by atoms with van der Waals surface area (Å²) >= 11 is 0. The van der Waals surface area contributed by atoms with Crippen LogP contribution in [0, 0.1) is 6.92 Å². The standard InChI is InChI=1S/C12H17N5O/c1-8-11(15-5-4-14-8)10-7-16-12(17-10)9(13)3-6-18-2/h4-5,7,9H,3,6,13H2,1-2H3,(H,16,17). The first-order chi connectivity index (χ1) is 8.72. The van der Waals surface area contributed by atoms with Crippen LogP contribution in [0.1, 0.15) is 24.0 Å². The SMILES string of the molecule is COCCC(N)c1ncc(-c2nccnc2C)[nH]1. The van der Waals surface area contributed by atoms with Gasteiger partial charge in [0, 0.05) is 26.1 Å². The van der Waals surface area contributed by atoms with Crippen LogP contribution in [-0.2, 0) is 4.74 Å². The Hall–Kier alpha value is -1.79. The molecule has 0 aromatic carbocycles. The Labute approximate surface area is 106 Å². The predicted octanol–water partition coefficient (Wildman–Crippen LogP) is 1.21. The highest BCUT2D eigenvalue weighted by atomic mass is 16.5. The molecule has 0 radical (unpaired) electrons. The number of hydrogen-bond acceptors (Lipinski definition) is 5. The zero-order valence-corrected chi connectivity index (χ0v) is 10.6. The Morgan fingerprint density at radius 3 is 2.83 bits per heavy atom. The second kappa shape index (κ2) is 5.70. The first-order valence-electron chi connectivity index (χ1n) is 5.79. The molecule has 1 atom stereocenters. The molecule has 0 saturated heterocycles. The lowest BCUT2D eigenvalue weighted by Crippen LogP contribution is -2.14. The molecule has 2 aromatic heterocycles. The molecule has 96 valence electrons. The minimum Gasteiger partial charge on any atom is -0.385 e. The Balaban J connectivity index is 2.18. The number of aromatic nitrogens is 4. The molecule has 2 rings (SSSR count). The van der Waals surface area contributed by atoms with Crippen LogP contribution in [0.5, 0.6) is 0 Å². The molecule has 0 bridgehead atoms. The quantitative estimate of drug-likeness (QED) is 0.829. The number of nitrogens with one attached hydrogen (secondary N) is 1. The average Bonchev–Trinajstić information content (AvgIpc) is 2.86. The molecular weight excluding hydrogens is 230 g/mol. The summed E-state index contributed by atoms with van der Waals surface area (Å²) in [5.41, 5.74) is 8.50. The van der Waals surface area contributed by atoms with Crippen LogP contribution in [0.15, 0.2) is 18.6 Å². The minimum absolute atomic E-state index is 0.157. The summed E-state index contributed by atoms with van der Waals surface area (Å²) in [6, 6.07) is -0.157. The average molecular weight is 247 g/mol. The van der Waals surface area contributed by atoms with Gasteiger partial charge in [-0.25, -0.2) is 4.98 Å². The number of aromatic amines is 1. The number of imidazole rings is 1. The van der Waals surface area contributed by atoms with Crippen molar-refractivity contribution in [1.29, 1.82) is 0 Å². The summed E-state index contributed by atoms with van der Waals surface area (Å²) in [6.45, 7) is 2.52. The van der Waals surface area contributed by atoms with Gasteiger partial charge in [0.25, 0.3) is 0 Å². The van der Waals surface area contributed by atoms with Crippen molar-refractivity contribution < 1.29 is 4.74 Å². The Bertz CT molecular complexity index is 511. The second-order valence-corrected chi connectivity index (χ2v) is 4.06. The highest BCUT2D eigenvalue weighted by molar-refractivity contribution is 5.55. The zero-order valence-electron chi connectivity index (χ0n) is 10.6. The van der Waals surface area contributed by atoms with Gasteiger partial charge in [-0.1, -0.05) is 0 Å². The summed E-state index contributed by atoms with van der Waals surface area (Å²) < 4.78 is 5.00. The molecule has 18 heavy (non-hydrogen) atoms. The maximum atomic E-state index is 6.00. The van der Waals surface area contributed by atoms with Crippen molar-refractivity contribution >= 4 is 0 Å². The molecule has 0 spiro atoms. The zero-order chi connectivity index (χ0) is 13.0. The Morgan fingerprint density at radius 1 is 1.33 bits per heavy atom. The van der Waals surface area contributed by atoms with Crippen LogP contribution in [-0.4, -0.2) is 33.7 Å². The van der Waals surface area contributed by atoms with Crippen LogP contribution in [0.2, 0.25) is 0 Å². The smallest absolute Gasteiger partial charge is 0.123 e. The van der Waals surface area contributed by atoms with Crippen molar-refractivity contribution in [3.05, 3.63) is 30.1 Å². The van der Waals surface area contributed by atoms with Gasteiger partial charge in [-0.3, -0.25) is 9.97 Å². The van der Waals surface area contributed by atoms with Crippen LogP contribution < -0.4 is 5.73 Å². The molecule has 0 amide bonds. The van der Waals surface area contributed by atoms with Gasteiger partial charge in [-0.05, 0) is 13.3 Å². The minimum atomic E-state index is -0.157. The number of ether oxygens (including phenoxy) is 1. The van der Waals surface area contributed by atoms with E-state index in [9.17, 15) is 0 Å². The molecule has 0 saturated carbocycles. The second-order valence-electron chi connectivity index (χ2n) is 4.06. The van der Waals surface area contributed by atoms with E-state index >= 15 is 0 Å². The number of methoxy groups -OCH3 is 1. The monoisotopic (exact) mass is 247 g/mol. The third-order valence-electron chi connectivity index (χ3n) is 2.72. The first-order valence-corrected chi connectivity index (χ1v) is 5.79. The summed E-state index contributed by atoms with van der Waals surface area (Å²) in [7, 11) is 1.66. The maximum Gasteiger partial charge on any atom is 0.123 e. The van der Waals surface area contributed by atoms with Crippen LogP contribution in [0.4, 0.5) is 0 Å². The van der Waals surface area contributed by atoms with Gasteiger partial charge in [0.2, 0.25) is 0 Å². The number of nitrogens with two attached hydrogens (primary N) is 1. The normalized spacial score (nSPS) is 12.6. The van der Waals surface area contributed by atoms with Crippen LogP contribution >= 0.6 is 0 Å². The molecule has 2 heterocycles. The fourth-order valence-electron chi connectivity index (χ4n) is 1.70. The van der Waals surface area contributed by atoms with Crippen molar-refractivity contribution in [3.63, 3.8) is 0 Å². The predicted molar refractivity (Wildman–Crippen MR) is 67.8 cm³/mol. The fraction of sp³-hybridized carbons (Fsp3) is 0.417. The van der Waals surface area contributed by atoms with E-state index in [1.807, 2.05) is 6.92 Å². The third kappa shape index (κ3) is 2.72. The van der Waals surface area contributed by atoms with E-state index in [0.29, 0.717) is 6.61 Å². The largest absolute Gasteiger partial charge is 0.385 e. The molecule has 0 fully saturated rings. The van der Waals surface area contributed by atoms with E-state index in [0.717, 1.165) is 29.3 Å². The molecule has 6 heteroatoms. The maximum absolute atomic E-state index is 6.00. The summed E-state index contributed by atoms with van der Waals surface area (Å²) in [6.07, 6.45) is 5.79. The topological polar surface area (TPSA) is 89.7 Å². The summed E-state index contributed by atoms with van der Waals surface area (Å²) in [5, 5.41) is 0. The van der Waals surface area contributed by atoms with E-state index in [2.05, 4.69) is 19.9 Å². The fourth-order valence-corrected chi connectivity index (χ4v) is 1.70. The molecule has 0 aliphatic rings. The van der Waals surface area contributed by atoms with Crippen molar-refractivity contribution in [2.75, 3.05) is 13.7 Å². The van der Waals surface area contributed by atoms with Gasteiger partial charge < -0.3 is 15.5 Å². The van der Waals surface area contributed by atoms with Crippen molar-refractivity contribution in [1.82, 2.24) is 19.9 Å². The lowest BCUT2D eigenvalue weighted by atomic mass is 10.2. The van der Waals surface area contributed by atoms with Gasteiger partial charge in [0.05, 0.1) is 23.6 Å². The van der Waals surface area contributed by atoms with Gasteiger partial charge >= 0.3 is 0 Å². The van der Waals surface area contributed by atoms with E-state index < -0.39 is 0 Å². The third-order valence-corrected chi connectivity index (χ3v) is 2.72. The highest BCUT2D eigenvalue weighted by Crippen LogP contribution is 2.19. The van der Waals surface area contributed by atoms with E-state index in [1.54, 1.807) is 25.7 Å². The van der Waals surface area contributed by atoms with Crippen molar-refractivity contribution in [2.24, 2.45) is 5.73 Å². The van der Waals surface area contributed by atoms with Crippen LogP contribution in [0.3, 0.4) is 0 Å². The van der Waals surface area contributed by atoms with Gasteiger partial charge in [0.1, 0.15) is 11.5 Å². The van der Waals surface area contributed by atoms with E-state index in [-0.39, 0.29) is 6.04 Å². The molecule has 0 aliphatic carbocycles. The highest BCUT2D eigenvalue weighted by Gasteiger charge is 2.12. The molecular formula is C12H17N5O. The molecule has 2 aromatic rings. The van der Waals surface area contributed by atoms with E-state index in [4.69, 9.17) is 10.5 Å². The van der Waals surface area contributed by atoms with E-state index in [1.165, 1.54) is 0 Å². The number of rotatable bonds is 5. The van der Waals surface area contributed by atoms with Crippen molar-refractivity contribution in [2.45, 2.75) is 19.4 Å². The molecule has 1 unspecified atom stereocenters. The number of hydrogen-bond donors (Lipinski definition) is 2. The number of aryl methyl sites for hydroxylation is 1. The summed E-state index contributed by atoms with van der Waals surface area (Å²) in [5.74, 6) is 0.743. The lowest BCUT2D eigenvalue weighted by molar-refractivity contribution is 0.187. The first kappa shape index (κ1) is 12.7. The Morgan fingerprint density at radius 2 is 2.11 bits per heavy atom. The van der Waals surface area contributed by atoms with Crippen molar-refractivity contribution in [3.8, 4) is 11.4 Å². The summed E-state index contributed by atoms with van der Waals surface area (Å²) in [4.78, 5) is 15.9. The van der Waals surface area contributed by atoms with Gasteiger partial charge in [0.15, 0.2) is 0 Å². The van der Waals surface area contributed by atoms with Gasteiger partial charge in [-0.15, -0.1) is 0 Å². The molecule has 3 N–H and O–H groups in total. The molecule has 6 nitrogen and oxygen atoms in total. The number of H-pyrrole nitrogens is 1. The van der Waals surface area contributed by atoms with Crippen LogP contribution in [0.25, 0.3) is 11.4 Å². The lowest BCUT2D eigenvalue weighted by Gasteiger charge is -2.07. The van der Waals surface area contributed by atoms with Gasteiger partial charge in [-0.2, -0.15) is 0 Å². The Kier molecular flexibility index (Phi) is 4.01.